The first-order valence-corrected chi connectivity index (χ1v) is 13.1. The zero-order valence-electron chi connectivity index (χ0n) is 24.5. The van der Waals surface area contributed by atoms with Crippen molar-refractivity contribution in [2.75, 3.05) is 0 Å². The van der Waals surface area contributed by atoms with Crippen LogP contribution in [0.2, 0.25) is 0 Å². The van der Waals surface area contributed by atoms with Crippen molar-refractivity contribution in [3.8, 4) is 0 Å². The zero-order valence-corrected chi connectivity index (χ0v) is 24.5. The van der Waals surface area contributed by atoms with Crippen LogP contribution in [-0.4, -0.2) is 46.0 Å². The summed E-state index contributed by atoms with van der Waals surface area (Å²) >= 11 is 0. The lowest BCUT2D eigenvalue weighted by Gasteiger charge is -2.40. The molecule has 204 valence electrons. The maximum absolute atomic E-state index is 14.2. The van der Waals surface area contributed by atoms with Gasteiger partial charge < -0.3 is 20.3 Å². The molecule has 7 nitrogen and oxygen atoms in total. The number of rotatable bonds is 9. The van der Waals surface area contributed by atoms with Gasteiger partial charge in [-0.3, -0.25) is 9.59 Å². The van der Waals surface area contributed by atoms with Crippen LogP contribution in [0.5, 0.6) is 0 Å². The first-order valence-electron chi connectivity index (χ1n) is 13.1. The average Bonchev–Trinajstić information content (AvgIpc) is 2.69. The number of carbonyl (C=O) groups excluding carboxylic acids is 3. The second-order valence-corrected chi connectivity index (χ2v) is 12.3. The van der Waals surface area contributed by atoms with Gasteiger partial charge in [-0.15, -0.1) is 0 Å². The smallest absolute Gasteiger partial charge is 0.408 e. The summed E-state index contributed by atoms with van der Waals surface area (Å²) in [6, 6.07) is 3.91. The number of hydrogen-bond donors (Lipinski definition) is 2. The van der Waals surface area contributed by atoms with Gasteiger partial charge in [0, 0.05) is 11.6 Å². The molecular weight excluding hydrogens is 454 g/mol. The van der Waals surface area contributed by atoms with Crippen LogP contribution >= 0.6 is 0 Å². The minimum atomic E-state index is -0.846. The predicted octanol–water partition coefficient (Wildman–Crippen LogP) is 5.83. The molecule has 0 aliphatic carbocycles. The molecule has 1 aromatic carbocycles. The Labute approximate surface area is 218 Å². The van der Waals surface area contributed by atoms with Crippen molar-refractivity contribution in [1.82, 2.24) is 15.5 Å². The fourth-order valence-corrected chi connectivity index (χ4v) is 4.04. The quantitative estimate of drug-likeness (QED) is 0.444. The molecular formula is C29H49N3O4. The first kappa shape index (κ1) is 31.5. The highest BCUT2D eigenvalue weighted by atomic mass is 16.6. The maximum Gasteiger partial charge on any atom is 0.408 e. The van der Waals surface area contributed by atoms with E-state index in [2.05, 4.69) is 10.6 Å². The fraction of sp³-hybridized carbons (Fsp3) is 0.690. The second kappa shape index (κ2) is 12.6. The maximum atomic E-state index is 14.2. The summed E-state index contributed by atoms with van der Waals surface area (Å²) in [5.74, 6) is -0.403. The van der Waals surface area contributed by atoms with Gasteiger partial charge in [-0.25, -0.2) is 4.79 Å². The summed E-state index contributed by atoms with van der Waals surface area (Å²) < 4.78 is 5.46. The van der Waals surface area contributed by atoms with E-state index in [9.17, 15) is 14.4 Å². The minimum Gasteiger partial charge on any atom is -0.444 e. The molecule has 0 spiro atoms. The fourth-order valence-electron chi connectivity index (χ4n) is 4.04. The van der Waals surface area contributed by atoms with Crippen LogP contribution in [0.4, 0.5) is 4.79 Å². The van der Waals surface area contributed by atoms with Crippen molar-refractivity contribution >= 4 is 17.9 Å². The third-order valence-corrected chi connectivity index (χ3v) is 5.98. The van der Waals surface area contributed by atoms with Crippen LogP contribution < -0.4 is 10.6 Å². The molecule has 0 bridgehead atoms. The number of alkyl carbamates (subject to hydrolysis) is 1. The highest BCUT2D eigenvalue weighted by Crippen LogP contribution is 2.31. The van der Waals surface area contributed by atoms with E-state index >= 15 is 0 Å². The molecule has 0 aromatic heterocycles. The number of nitrogens with one attached hydrogen (secondary N) is 2. The van der Waals surface area contributed by atoms with Crippen molar-refractivity contribution < 1.29 is 19.1 Å². The van der Waals surface area contributed by atoms with Crippen LogP contribution in [0.1, 0.15) is 105 Å². The summed E-state index contributed by atoms with van der Waals surface area (Å²) in [4.78, 5) is 42.4. The van der Waals surface area contributed by atoms with Crippen LogP contribution in [0.25, 0.3) is 0 Å². The SMILES string of the molecule is CCC(C)N(C(=O)C(CC(C)C)NC(=O)OC(C)(C)C)C(C(=O)NC(C)(C)C)c1cccc(C)c1C. The number of ether oxygens (including phenoxy) is 1. The Kier molecular flexibility index (Phi) is 11.0. The Morgan fingerprint density at radius 2 is 1.58 bits per heavy atom. The second-order valence-electron chi connectivity index (χ2n) is 12.3. The Balaban J connectivity index is 3.66. The summed E-state index contributed by atoms with van der Waals surface area (Å²) in [7, 11) is 0. The topological polar surface area (TPSA) is 87.7 Å². The molecule has 0 fully saturated rings. The minimum absolute atomic E-state index is 0.134. The third kappa shape index (κ3) is 9.47. The number of amides is 3. The largest absolute Gasteiger partial charge is 0.444 e. The van der Waals surface area contributed by atoms with Crippen molar-refractivity contribution in [1.29, 1.82) is 0 Å². The van der Waals surface area contributed by atoms with E-state index in [4.69, 9.17) is 4.74 Å². The van der Waals surface area contributed by atoms with Gasteiger partial charge in [0.15, 0.2) is 0 Å². The molecule has 1 rings (SSSR count). The van der Waals surface area contributed by atoms with Gasteiger partial charge in [0.05, 0.1) is 0 Å². The average molecular weight is 504 g/mol. The third-order valence-electron chi connectivity index (χ3n) is 5.98. The first-order chi connectivity index (χ1) is 16.4. The summed E-state index contributed by atoms with van der Waals surface area (Å²) in [5, 5.41) is 5.88. The molecule has 3 amide bonds. The van der Waals surface area contributed by atoms with Gasteiger partial charge in [0.1, 0.15) is 17.7 Å². The highest BCUT2D eigenvalue weighted by molar-refractivity contribution is 5.92. The molecule has 0 aliphatic rings. The van der Waals surface area contributed by atoms with Crippen LogP contribution in [0, 0.1) is 19.8 Å². The van der Waals surface area contributed by atoms with Crippen molar-refractivity contribution in [2.45, 2.75) is 125 Å². The van der Waals surface area contributed by atoms with Crippen molar-refractivity contribution in [3.63, 3.8) is 0 Å². The predicted molar refractivity (Wildman–Crippen MR) is 146 cm³/mol. The number of carbonyl (C=O) groups is 3. The van der Waals surface area contributed by atoms with E-state index in [1.807, 2.05) is 80.5 Å². The van der Waals surface area contributed by atoms with Gasteiger partial charge in [0.25, 0.3) is 0 Å². The number of benzene rings is 1. The van der Waals surface area contributed by atoms with Crippen LogP contribution in [-0.2, 0) is 14.3 Å². The van der Waals surface area contributed by atoms with Gasteiger partial charge >= 0.3 is 6.09 Å². The standard InChI is InChI=1S/C29H49N3O4/c1-13-20(5)32(26(34)23(17-18(2)3)30-27(35)36-29(10,11)12)24(25(33)31-28(7,8)9)22-16-14-15-19(4)21(22)6/h14-16,18,20,23-24H,13,17H2,1-12H3,(H,30,35)(H,31,33). The molecule has 0 heterocycles. The van der Waals surface area contributed by atoms with Crippen LogP contribution in [0.15, 0.2) is 18.2 Å². The normalized spacial score (nSPS) is 14.6. The van der Waals surface area contributed by atoms with E-state index in [0.29, 0.717) is 12.8 Å². The Morgan fingerprint density at radius 1 is 1.00 bits per heavy atom. The Bertz CT molecular complexity index is 912. The van der Waals surface area contributed by atoms with E-state index in [1.54, 1.807) is 25.7 Å². The molecule has 1 aromatic rings. The van der Waals surface area contributed by atoms with Gasteiger partial charge in [-0.2, -0.15) is 0 Å². The number of nitrogens with zero attached hydrogens (tertiary/aromatic N) is 1. The lowest BCUT2D eigenvalue weighted by Crippen LogP contribution is -2.57. The number of hydrogen-bond acceptors (Lipinski definition) is 4. The summed E-state index contributed by atoms with van der Waals surface area (Å²) in [5.41, 5.74) is 1.62. The zero-order chi connectivity index (χ0) is 28.0. The summed E-state index contributed by atoms with van der Waals surface area (Å²) in [6.45, 7) is 23.0. The van der Waals surface area contributed by atoms with E-state index in [0.717, 1.165) is 16.7 Å². The molecule has 3 unspecified atom stereocenters. The molecule has 7 heteroatoms. The lowest BCUT2D eigenvalue weighted by molar-refractivity contribution is -0.146. The van der Waals surface area contributed by atoms with Crippen molar-refractivity contribution in [3.05, 3.63) is 34.9 Å². The van der Waals surface area contributed by atoms with Crippen molar-refractivity contribution in [2.24, 2.45) is 5.92 Å². The van der Waals surface area contributed by atoms with E-state index in [-0.39, 0.29) is 23.8 Å². The van der Waals surface area contributed by atoms with Gasteiger partial charge in [-0.1, -0.05) is 39.0 Å². The molecule has 0 saturated heterocycles. The lowest BCUT2D eigenvalue weighted by atomic mass is 9.92. The molecule has 0 saturated carbocycles. The van der Waals surface area contributed by atoms with Crippen LogP contribution in [0.3, 0.4) is 0 Å². The van der Waals surface area contributed by atoms with E-state index < -0.39 is 29.3 Å². The molecule has 3 atom stereocenters. The number of aryl methyl sites for hydroxylation is 1. The van der Waals surface area contributed by atoms with E-state index in [1.165, 1.54) is 0 Å². The molecule has 2 N–H and O–H groups in total. The molecule has 0 radical (unpaired) electrons. The monoisotopic (exact) mass is 503 g/mol. The molecule has 36 heavy (non-hydrogen) atoms. The summed E-state index contributed by atoms with van der Waals surface area (Å²) in [6.07, 6.45) is 0.426. The Hall–Kier alpha value is -2.57. The molecule has 0 aliphatic heterocycles. The highest BCUT2D eigenvalue weighted by Gasteiger charge is 2.40. The van der Waals surface area contributed by atoms with Gasteiger partial charge in [-0.05, 0) is 97.8 Å². The van der Waals surface area contributed by atoms with Gasteiger partial charge in [0.2, 0.25) is 11.8 Å². The Morgan fingerprint density at radius 3 is 2.06 bits per heavy atom.